The van der Waals surface area contributed by atoms with E-state index in [9.17, 15) is 9.18 Å². The van der Waals surface area contributed by atoms with Gasteiger partial charge in [-0.25, -0.2) is 4.39 Å². The minimum atomic E-state index is -0.715. The third-order valence-corrected chi connectivity index (χ3v) is 3.32. The standard InChI is InChI=1S/C13H18FNO/c1-2-9-4-3-5-10(6-9)13(16)15-12-7-11(14)8-12/h5-6,11-12H,2-4,7-8H2,1H3,(H,15,16). The Labute approximate surface area is 95.6 Å². The quantitative estimate of drug-likeness (QED) is 0.783. The van der Waals surface area contributed by atoms with Crippen LogP contribution in [0.4, 0.5) is 4.39 Å². The van der Waals surface area contributed by atoms with Crippen molar-refractivity contribution in [2.24, 2.45) is 0 Å². The zero-order valence-electron chi connectivity index (χ0n) is 9.63. The van der Waals surface area contributed by atoms with Crippen LogP contribution >= 0.6 is 0 Å². The maximum Gasteiger partial charge on any atom is 0.251 e. The van der Waals surface area contributed by atoms with Gasteiger partial charge in [0.25, 0.3) is 5.91 Å². The lowest BCUT2D eigenvalue weighted by molar-refractivity contribution is -0.118. The van der Waals surface area contributed by atoms with Crippen LogP contribution in [-0.4, -0.2) is 18.1 Å². The molecule has 1 saturated carbocycles. The molecule has 2 rings (SSSR count). The highest BCUT2D eigenvalue weighted by molar-refractivity contribution is 5.96. The van der Waals surface area contributed by atoms with Gasteiger partial charge < -0.3 is 5.32 Å². The molecule has 0 bridgehead atoms. The second kappa shape index (κ2) is 4.81. The average molecular weight is 223 g/mol. The van der Waals surface area contributed by atoms with Gasteiger partial charge in [-0.05, 0) is 32.1 Å². The molecular weight excluding hydrogens is 205 g/mol. The Morgan fingerprint density at radius 2 is 2.31 bits per heavy atom. The molecular formula is C13H18FNO. The highest BCUT2D eigenvalue weighted by Crippen LogP contribution is 2.24. The highest BCUT2D eigenvalue weighted by Gasteiger charge is 2.30. The minimum absolute atomic E-state index is 0.0393. The first-order chi connectivity index (χ1) is 7.69. The molecule has 0 heterocycles. The molecule has 1 amide bonds. The van der Waals surface area contributed by atoms with Crippen LogP contribution in [0.2, 0.25) is 0 Å². The molecule has 1 fully saturated rings. The van der Waals surface area contributed by atoms with Crippen molar-refractivity contribution in [1.29, 1.82) is 0 Å². The predicted octanol–water partition coefficient (Wildman–Crippen LogP) is 2.66. The molecule has 2 aliphatic rings. The van der Waals surface area contributed by atoms with E-state index in [1.807, 2.05) is 12.2 Å². The number of rotatable bonds is 3. The molecule has 0 aliphatic heterocycles. The van der Waals surface area contributed by atoms with Crippen LogP contribution in [0.5, 0.6) is 0 Å². The van der Waals surface area contributed by atoms with Gasteiger partial charge in [0.2, 0.25) is 0 Å². The van der Waals surface area contributed by atoms with Gasteiger partial charge in [-0.3, -0.25) is 4.79 Å². The maximum absolute atomic E-state index is 12.6. The lowest BCUT2D eigenvalue weighted by Gasteiger charge is -2.30. The molecule has 1 N–H and O–H groups in total. The van der Waals surface area contributed by atoms with E-state index in [1.54, 1.807) is 0 Å². The maximum atomic E-state index is 12.6. The molecule has 3 heteroatoms. The van der Waals surface area contributed by atoms with Gasteiger partial charge in [-0.2, -0.15) is 0 Å². The van der Waals surface area contributed by atoms with Crippen molar-refractivity contribution in [3.05, 3.63) is 23.3 Å². The van der Waals surface area contributed by atoms with E-state index < -0.39 is 6.17 Å². The first-order valence-corrected chi connectivity index (χ1v) is 6.03. The van der Waals surface area contributed by atoms with Crippen molar-refractivity contribution in [2.75, 3.05) is 0 Å². The topological polar surface area (TPSA) is 29.1 Å². The molecule has 2 nitrogen and oxygen atoms in total. The van der Waals surface area contributed by atoms with Crippen molar-refractivity contribution >= 4 is 5.91 Å². The van der Waals surface area contributed by atoms with Crippen LogP contribution in [-0.2, 0) is 4.79 Å². The third-order valence-electron chi connectivity index (χ3n) is 3.32. The summed E-state index contributed by atoms with van der Waals surface area (Å²) < 4.78 is 12.6. The van der Waals surface area contributed by atoms with Crippen molar-refractivity contribution in [3.63, 3.8) is 0 Å². The summed E-state index contributed by atoms with van der Waals surface area (Å²) in [7, 11) is 0. The van der Waals surface area contributed by atoms with E-state index in [-0.39, 0.29) is 11.9 Å². The summed E-state index contributed by atoms with van der Waals surface area (Å²) in [5.41, 5.74) is 2.08. The number of carbonyl (C=O) groups excluding carboxylic acids is 1. The van der Waals surface area contributed by atoms with E-state index in [0.717, 1.165) is 24.8 Å². The first-order valence-electron chi connectivity index (χ1n) is 6.03. The first kappa shape index (κ1) is 11.4. The van der Waals surface area contributed by atoms with Crippen LogP contribution in [0.15, 0.2) is 23.3 Å². The SMILES string of the molecule is CCC1=CC(C(=O)NC2CC(F)C2)=CCC1. The Morgan fingerprint density at radius 1 is 1.56 bits per heavy atom. The fourth-order valence-corrected chi connectivity index (χ4v) is 2.14. The molecule has 2 aliphatic carbocycles. The van der Waals surface area contributed by atoms with Gasteiger partial charge in [0.15, 0.2) is 0 Å². The molecule has 0 saturated heterocycles. The second-order valence-corrected chi connectivity index (χ2v) is 4.59. The smallest absolute Gasteiger partial charge is 0.251 e. The van der Waals surface area contributed by atoms with Gasteiger partial charge in [0.1, 0.15) is 6.17 Å². The number of halogens is 1. The summed E-state index contributed by atoms with van der Waals surface area (Å²) in [6.07, 6.45) is 7.19. The number of nitrogens with one attached hydrogen (secondary N) is 1. The molecule has 16 heavy (non-hydrogen) atoms. The second-order valence-electron chi connectivity index (χ2n) is 4.59. The Morgan fingerprint density at radius 3 is 2.94 bits per heavy atom. The predicted molar refractivity (Wildman–Crippen MR) is 61.8 cm³/mol. The van der Waals surface area contributed by atoms with Crippen LogP contribution in [0.1, 0.15) is 39.0 Å². The van der Waals surface area contributed by atoms with E-state index in [0.29, 0.717) is 12.8 Å². The molecule has 0 aromatic rings. The van der Waals surface area contributed by atoms with Crippen LogP contribution in [0, 0.1) is 0 Å². The van der Waals surface area contributed by atoms with Gasteiger partial charge in [0, 0.05) is 11.6 Å². The number of hydrogen-bond acceptors (Lipinski definition) is 1. The molecule has 0 aromatic carbocycles. The van der Waals surface area contributed by atoms with Gasteiger partial charge in [-0.15, -0.1) is 0 Å². The molecule has 0 radical (unpaired) electrons. The van der Waals surface area contributed by atoms with Crippen molar-refractivity contribution in [2.45, 2.75) is 51.2 Å². The Balaban J connectivity index is 1.89. The summed E-state index contributed by atoms with van der Waals surface area (Å²) in [6.45, 7) is 2.10. The number of amides is 1. The van der Waals surface area contributed by atoms with Crippen molar-refractivity contribution < 1.29 is 9.18 Å². The van der Waals surface area contributed by atoms with E-state index in [4.69, 9.17) is 0 Å². The summed E-state index contributed by atoms with van der Waals surface area (Å²) in [4.78, 5) is 11.8. The van der Waals surface area contributed by atoms with Crippen LogP contribution in [0.25, 0.3) is 0 Å². The zero-order valence-corrected chi connectivity index (χ0v) is 9.63. The fraction of sp³-hybridized carbons (Fsp3) is 0.615. The molecule has 0 aromatic heterocycles. The van der Waals surface area contributed by atoms with E-state index >= 15 is 0 Å². The largest absolute Gasteiger partial charge is 0.349 e. The molecule has 0 atom stereocenters. The number of alkyl halides is 1. The molecule has 0 spiro atoms. The Kier molecular flexibility index (Phi) is 3.42. The summed E-state index contributed by atoms with van der Waals surface area (Å²) >= 11 is 0. The Hall–Kier alpha value is -1.12. The lowest BCUT2D eigenvalue weighted by Crippen LogP contribution is -2.45. The number of hydrogen-bond donors (Lipinski definition) is 1. The zero-order chi connectivity index (χ0) is 11.5. The highest BCUT2D eigenvalue weighted by atomic mass is 19.1. The number of carbonyl (C=O) groups is 1. The summed E-state index contributed by atoms with van der Waals surface area (Å²) in [5, 5.41) is 2.87. The number of allylic oxidation sites excluding steroid dienone is 2. The average Bonchev–Trinajstić information content (AvgIpc) is 2.27. The lowest BCUT2D eigenvalue weighted by atomic mass is 9.90. The normalized spacial score (nSPS) is 28.9. The van der Waals surface area contributed by atoms with E-state index in [1.165, 1.54) is 5.57 Å². The van der Waals surface area contributed by atoms with Gasteiger partial charge >= 0.3 is 0 Å². The van der Waals surface area contributed by atoms with Gasteiger partial charge in [-0.1, -0.05) is 24.6 Å². The van der Waals surface area contributed by atoms with Crippen molar-refractivity contribution in [1.82, 2.24) is 5.32 Å². The summed E-state index contributed by atoms with van der Waals surface area (Å²) in [6, 6.07) is 0.0452. The van der Waals surface area contributed by atoms with Crippen LogP contribution < -0.4 is 5.32 Å². The third kappa shape index (κ3) is 2.52. The summed E-state index contributed by atoms with van der Waals surface area (Å²) in [5.74, 6) is -0.0393. The molecule has 0 unspecified atom stereocenters. The Bertz CT molecular complexity index is 340. The molecule has 88 valence electrons. The van der Waals surface area contributed by atoms with Gasteiger partial charge in [0.05, 0.1) is 0 Å². The van der Waals surface area contributed by atoms with Crippen LogP contribution in [0.3, 0.4) is 0 Å². The monoisotopic (exact) mass is 223 g/mol. The fourth-order valence-electron chi connectivity index (χ4n) is 2.14. The van der Waals surface area contributed by atoms with Crippen molar-refractivity contribution in [3.8, 4) is 0 Å². The van der Waals surface area contributed by atoms with E-state index in [2.05, 4.69) is 12.2 Å². The minimum Gasteiger partial charge on any atom is -0.349 e.